The molecule has 1 atom stereocenters. The Morgan fingerprint density at radius 2 is 1.89 bits per heavy atom. The van der Waals surface area contributed by atoms with Crippen LogP contribution in [0.5, 0.6) is 0 Å². The fraction of sp³-hybridized carbons (Fsp3) is 0.364. The van der Waals surface area contributed by atoms with Crippen molar-refractivity contribution in [1.82, 2.24) is 10.6 Å². The van der Waals surface area contributed by atoms with Crippen LogP contribution in [-0.4, -0.2) is 26.7 Å². The van der Waals surface area contributed by atoms with E-state index in [1.807, 2.05) is 20.0 Å². The van der Waals surface area contributed by atoms with Crippen molar-refractivity contribution in [1.29, 1.82) is 0 Å². The third-order valence-electron chi connectivity index (χ3n) is 4.26. The van der Waals surface area contributed by atoms with Gasteiger partial charge in [0.1, 0.15) is 0 Å². The Labute approximate surface area is 194 Å². The van der Waals surface area contributed by atoms with E-state index in [2.05, 4.69) is 47.5 Å². The van der Waals surface area contributed by atoms with Gasteiger partial charge >= 0.3 is 0 Å². The molecule has 0 amide bonds. The zero-order valence-corrected chi connectivity index (χ0v) is 21.0. The maximum absolute atomic E-state index is 6.33. The van der Waals surface area contributed by atoms with E-state index in [1.54, 1.807) is 12.1 Å². The smallest absolute Gasteiger partial charge is 0.0453 e. The summed E-state index contributed by atoms with van der Waals surface area (Å²) in [4.78, 5) is 0. The Balaban J connectivity index is 0.000000427. The van der Waals surface area contributed by atoms with Gasteiger partial charge in [-0.05, 0) is 61.7 Å². The van der Waals surface area contributed by atoms with Crippen LogP contribution in [0.2, 0.25) is 10.0 Å². The molecule has 1 aliphatic rings. The summed E-state index contributed by atoms with van der Waals surface area (Å²) in [6, 6.07) is 14.4. The summed E-state index contributed by atoms with van der Waals surface area (Å²) in [5, 5.41) is 7.85. The zero-order chi connectivity index (χ0) is 20.1. The molecule has 3 nitrogen and oxygen atoms in total. The molecule has 2 aromatic rings. The van der Waals surface area contributed by atoms with Crippen LogP contribution in [0.3, 0.4) is 0 Å². The van der Waals surface area contributed by atoms with Gasteiger partial charge in [0, 0.05) is 44.2 Å². The molecule has 1 heterocycles. The Kier molecular flexibility index (Phi) is 15.8. The van der Waals surface area contributed by atoms with Gasteiger partial charge in [-0.1, -0.05) is 53.5 Å². The molecular weight excluding hydrogens is 561 g/mol. The van der Waals surface area contributed by atoms with Crippen LogP contribution in [0.4, 0.5) is 0 Å². The van der Waals surface area contributed by atoms with Gasteiger partial charge in [0.2, 0.25) is 0 Å². The van der Waals surface area contributed by atoms with Crippen LogP contribution in [-0.2, 0) is 27.6 Å². The molecule has 3 N–H and O–H groups in total. The topological polar surface area (TPSA) is 47.9 Å². The average Bonchev–Trinajstić information content (AvgIpc) is 3.22. The van der Waals surface area contributed by atoms with E-state index in [-0.39, 0.29) is 21.1 Å². The summed E-state index contributed by atoms with van der Waals surface area (Å²) in [5.41, 5.74) is 10.1. The molecule has 0 saturated carbocycles. The first kappa shape index (κ1) is 27.3. The zero-order valence-electron chi connectivity index (χ0n) is 16.6. The summed E-state index contributed by atoms with van der Waals surface area (Å²) >= 11 is 11.8. The molecule has 0 aliphatic carbocycles. The number of hydrogen-bond donors (Lipinski definition) is 2. The molecule has 1 aliphatic heterocycles. The van der Waals surface area contributed by atoms with Crippen LogP contribution in [0, 0.1) is 6.92 Å². The number of benzene rings is 2. The molecule has 3 rings (SSSR count). The van der Waals surface area contributed by atoms with E-state index in [0.717, 1.165) is 35.2 Å². The summed E-state index contributed by atoms with van der Waals surface area (Å²) in [6.45, 7) is 8.75. The van der Waals surface area contributed by atoms with Crippen LogP contribution >= 0.6 is 23.2 Å². The van der Waals surface area contributed by atoms with Gasteiger partial charge < -0.3 is 16.4 Å². The van der Waals surface area contributed by atoms with Gasteiger partial charge in [-0.2, -0.15) is 0 Å². The molecule has 1 saturated heterocycles. The van der Waals surface area contributed by atoms with Crippen molar-refractivity contribution in [3.8, 4) is 0 Å². The molecule has 0 bridgehead atoms. The first-order valence-electron chi connectivity index (χ1n) is 9.13. The maximum atomic E-state index is 6.33. The predicted molar refractivity (Wildman–Crippen MR) is 120 cm³/mol. The molecule has 2 aromatic carbocycles. The van der Waals surface area contributed by atoms with Crippen LogP contribution in [0.1, 0.15) is 29.0 Å². The maximum Gasteiger partial charge on any atom is 0.0453 e. The van der Waals surface area contributed by atoms with E-state index < -0.39 is 0 Å². The third-order valence-corrected chi connectivity index (χ3v) is 4.87. The van der Waals surface area contributed by atoms with Crippen molar-refractivity contribution >= 4 is 23.2 Å². The van der Waals surface area contributed by atoms with Crippen LogP contribution < -0.4 is 10.6 Å². The number of halogens is 2. The second-order valence-corrected chi connectivity index (χ2v) is 7.14. The molecular formula is C22H30Cl2N3W-. The predicted octanol–water partition coefficient (Wildman–Crippen LogP) is 6.01. The van der Waals surface area contributed by atoms with E-state index >= 15 is 0 Å². The summed E-state index contributed by atoms with van der Waals surface area (Å²) < 4.78 is 0. The molecule has 1 fully saturated rings. The van der Waals surface area contributed by atoms with Gasteiger partial charge in [-0.15, -0.1) is 19.2 Å². The second-order valence-electron chi connectivity index (χ2n) is 6.30. The summed E-state index contributed by atoms with van der Waals surface area (Å²) in [7, 11) is 1.90. The Hall–Kier alpha value is -0.672. The molecule has 0 radical (unpaired) electrons. The van der Waals surface area contributed by atoms with Gasteiger partial charge in [-0.25, -0.2) is 0 Å². The van der Waals surface area contributed by atoms with Gasteiger partial charge in [0.05, 0.1) is 0 Å². The van der Waals surface area contributed by atoms with Crippen LogP contribution in [0.15, 0.2) is 55.1 Å². The Bertz CT molecular complexity index is 675. The minimum Gasteiger partial charge on any atom is -0.674 e. The van der Waals surface area contributed by atoms with E-state index in [1.165, 1.54) is 18.5 Å². The fourth-order valence-corrected chi connectivity index (χ4v) is 3.27. The first-order valence-corrected chi connectivity index (χ1v) is 9.89. The van der Waals surface area contributed by atoms with E-state index in [9.17, 15) is 0 Å². The van der Waals surface area contributed by atoms with E-state index in [4.69, 9.17) is 28.9 Å². The molecule has 28 heavy (non-hydrogen) atoms. The largest absolute Gasteiger partial charge is 0.674 e. The number of hydrogen-bond acceptors (Lipinski definition) is 2. The number of rotatable bonds is 4. The Morgan fingerprint density at radius 1 is 1.25 bits per heavy atom. The normalized spacial score (nSPS) is 14.7. The van der Waals surface area contributed by atoms with Crippen molar-refractivity contribution in [2.45, 2.75) is 25.8 Å². The van der Waals surface area contributed by atoms with Crippen molar-refractivity contribution in [3.63, 3.8) is 0 Å². The summed E-state index contributed by atoms with van der Waals surface area (Å²) in [5.74, 6) is 0.760. The molecule has 154 valence electrons. The quantitative estimate of drug-likeness (QED) is 0.429. The monoisotopic (exact) mass is 590 g/mol. The van der Waals surface area contributed by atoms with Crippen molar-refractivity contribution in [2.24, 2.45) is 0 Å². The molecule has 0 spiro atoms. The van der Waals surface area contributed by atoms with Gasteiger partial charge in [0.25, 0.3) is 0 Å². The minimum atomic E-state index is 0. The number of nitrogens with one attached hydrogen (secondary N) is 3. The van der Waals surface area contributed by atoms with Gasteiger partial charge in [-0.3, -0.25) is 0 Å². The second kappa shape index (κ2) is 16.2. The standard InChI is InChI=1S/C10H13N.C9H11Cl2N.C3H6N.W/c1-2-4-9(5-3-1)10-6-7-11-8-10;1-6-7(5-12-2)3-8(10)4-9(6)11;1-2-3-4;/h1-5,10-11H,6-8H2;3-4,12H,5H2,1-2H3;2,4H,1,3H2;/q;;-1;. The fourth-order valence-electron chi connectivity index (χ4n) is 2.74. The Morgan fingerprint density at radius 3 is 2.39 bits per heavy atom. The average molecular weight is 591 g/mol. The molecule has 0 aromatic heterocycles. The first-order chi connectivity index (χ1) is 13.0. The van der Waals surface area contributed by atoms with Crippen molar-refractivity contribution in [3.05, 3.63) is 87.6 Å². The van der Waals surface area contributed by atoms with E-state index in [0.29, 0.717) is 11.6 Å². The van der Waals surface area contributed by atoms with Crippen LogP contribution in [0.25, 0.3) is 5.73 Å². The third kappa shape index (κ3) is 10.2. The molecule has 1 unspecified atom stereocenters. The van der Waals surface area contributed by atoms with Gasteiger partial charge in [0.15, 0.2) is 0 Å². The summed E-state index contributed by atoms with van der Waals surface area (Å²) in [6.07, 6.45) is 2.84. The molecule has 6 heteroatoms. The minimum absolute atomic E-state index is 0. The van der Waals surface area contributed by atoms with Crippen molar-refractivity contribution < 1.29 is 21.1 Å². The van der Waals surface area contributed by atoms with Crippen molar-refractivity contribution in [2.75, 3.05) is 26.7 Å². The SMILES string of the molecule is C=CC[NH-].CNCc1cc(Cl)cc(Cl)c1C.[W].c1ccc(C2CCNC2)cc1.